The van der Waals surface area contributed by atoms with Gasteiger partial charge in [-0.15, -0.1) is 10.2 Å². The van der Waals surface area contributed by atoms with Gasteiger partial charge in [0.15, 0.2) is 16.7 Å². The molecule has 1 fully saturated rings. The van der Waals surface area contributed by atoms with Crippen LogP contribution in [0, 0.1) is 0 Å². The third-order valence-electron chi connectivity index (χ3n) is 4.38. The smallest absolute Gasteiger partial charge is 0.233 e. The molecular weight excluding hydrogens is 352 g/mol. The van der Waals surface area contributed by atoms with E-state index in [9.17, 15) is 4.79 Å². The van der Waals surface area contributed by atoms with Crippen LogP contribution in [0.4, 0.5) is 0 Å². The lowest BCUT2D eigenvalue weighted by atomic mass is 10.2. The van der Waals surface area contributed by atoms with Crippen LogP contribution in [0.3, 0.4) is 0 Å². The Hall–Kier alpha value is -2.22. The molecule has 1 aliphatic rings. The van der Waals surface area contributed by atoms with Crippen molar-refractivity contribution in [1.82, 2.24) is 20.1 Å². The second kappa shape index (κ2) is 7.99. The Morgan fingerprint density at radius 1 is 1.31 bits per heavy atom. The zero-order chi connectivity index (χ0) is 18.7. The fraction of sp³-hybridized carbons (Fsp3) is 0.500. The third-order valence-corrected chi connectivity index (χ3v) is 5.51. The molecule has 0 bridgehead atoms. The highest BCUT2D eigenvalue weighted by molar-refractivity contribution is 8.00. The second-order valence-electron chi connectivity index (χ2n) is 6.34. The van der Waals surface area contributed by atoms with Crippen molar-refractivity contribution in [3.8, 4) is 11.5 Å². The summed E-state index contributed by atoms with van der Waals surface area (Å²) in [5, 5.41) is 12.0. The molecule has 1 atom stereocenters. The number of nitrogens with zero attached hydrogens (tertiary/aromatic N) is 3. The molecule has 8 heteroatoms. The molecule has 140 valence electrons. The highest BCUT2D eigenvalue weighted by Gasteiger charge is 2.30. The molecule has 1 aromatic carbocycles. The van der Waals surface area contributed by atoms with Gasteiger partial charge in [-0.1, -0.05) is 17.8 Å². The maximum Gasteiger partial charge on any atom is 0.233 e. The van der Waals surface area contributed by atoms with E-state index in [1.165, 1.54) is 24.6 Å². The highest BCUT2D eigenvalue weighted by atomic mass is 32.2. The van der Waals surface area contributed by atoms with E-state index in [4.69, 9.17) is 9.47 Å². The van der Waals surface area contributed by atoms with Gasteiger partial charge in [-0.05, 0) is 37.5 Å². The average Bonchev–Trinajstić information content (AvgIpc) is 3.44. The Labute approximate surface area is 157 Å². The third kappa shape index (κ3) is 4.12. The minimum atomic E-state index is -0.259. The van der Waals surface area contributed by atoms with Crippen LogP contribution in [-0.4, -0.2) is 40.1 Å². The number of amides is 1. The number of carbonyl (C=O) groups is 1. The van der Waals surface area contributed by atoms with Crippen molar-refractivity contribution in [3.05, 3.63) is 29.6 Å². The van der Waals surface area contributed by atoms with Gasteiger partial charge in [0.05, 0.1) is 19.5 Å². The first-order chi connectivity index (χ1) is 12.5. The first-order valence-corrected chi connectivity index (χ1v) is 9.46. The van der Waals surface area contributed by atoms with E-state index in [1.54, 1.807) is 14.2 Å². The van der Waals surface area contributed by atoms with Gasteiger partial charge in [0.1, 0.15) is 5.82 Å². The molecule has 1 N–H and O–H groups in total. The van der Waals surface area contributed by atoms with Crippen LogP contribution in [0.5, 0.6) is 11.5 Å². The number of aromatic nitrogens is 3. The Bertz CT molecular complexity index is 789. The lowest BCUT2D eigenvalue weighted by Crippen LogP contribution is -2.30. The number of hydrogen-bond acceptors (Lipinski definition) is 6. The van der Waals surface area contributed by atoms with Crippen LogP contribution in [0.25, 0.3) is 0 Å². The fourth-order valence-electron chi connectivity index (χ4n) is 2.66. The van der Waals surface area contributed by atoms with Crippen molar-refractivity contribution in [1.29, 1.82) is 0 Å². The lowest BCUT2D eigenvalue weighted by Gasteiger charge is -2.13. The molecule has 1 aliphatic carbocycles. The normalized spacial score (nSPS) is 14.8. The molecule has 0 unspecified atom stereocenters. The first kappa shape index (κ1) is 18.6. The Morgan fingerprint density at radius 3 is 2.69 bits per heavy atom. The largest absolute Gasteiger partial charge is 0.493 e. The van der Waals surface area contributed by atoms with Gasteiger partial charge < -0.3 is 19.4 Å². The van der Waals surface area contributed by atoms with E-state index in [0.29, 0.717) is 24.0 Å². The van der Waals surface area contributed by atoms with Crippen molar-refractivity contribution in [2.45, 2.75) is 42.6 Å². The maximum atomic E-state index is 12.4. The number of ether oxygens (including phenoxy) is 2. The molecule has 1 amide bonds. The van der Waals surface area contributed by atoms with Crippen LogP contribution in [-0.2, 0) is 18.4 Å². The Kier molecular flexibility index (Phi) is 5.70. The molecule has 2 aromatic rings. The van der Waals surface area contributed by atoms with Crippen molar-refractivity contribution < 1.29 is 14.3 Å². The Morgan fingerprint density at radius 2 is 2.04 bits per heavy atom. The van der Waals surface area contributed by atoms with Crippen LogP contribution in [0.15, 0.2) is 23.4 Å². The SMILES string of the molecule is COc1ccc(CNC(=O)[C@H](C)Sc2nnc(C3CC3)n2C)cc1OC. The summed E-state index contributed by atoms with van der Waals surface area (Å²) in [6.07, 6.45) is 2.36. The summed E-state index contributed by atoms with van der Waals surface area (Å²) in [5.74, 6) is 2.83. The molecular formula is C18H24N4O3S. The van der Waals surface area contributed by atoms with Gasteiger partial charge in [-0.2, -0.15) is 0 Å². The number of thioether (sulfide) groups is 1. The van der Waals surface area contributed by atoms with Crippen LogP contribution in [0.1, 0.15) is 37.1 Å². The summed E-state index contributed by atoms with van der Waals surface area (Å²) >= 11 is 1.43. The van der Waals surface area contributed by atoms with Gasteiger partial charge in [-0.3, -0.25) is 4.79 Å². The zero-order valence-corrected chi connectivity index (χ0v) is 16.3. The van der Waals surface area contributed by atoms with E-state index >= 15 is 0 Å². The molecule has 0 saturated heterocycles. The number of benzene rings is 1. The number of rotatable bonds is 8. The number of nitrogens with one attached hydrogen (secondary N) is 1. The van der Waals surface area contributed by atoms with E-state index < -0.39 is 0 Å². The predicted octanol–water partition coefficient (Wildman–Crippen LogP) is 2.51. The zero-order valence-electron chi connectivity index (χ0n) is 15.5. The summed E-state index contributed by atoms with van der Waals surface area (Å²) in [6, 6.07) is 5.60. The van der Waals surface area contributed by atoms with Crippen molar-refractivity contribution in [3.63, 3.8) is 0 Å². The van der Waals surface area contributed by atoms with E-state index in [1.807, 2.05) is 36.7 Å². The number of hydrogen-bond donors (Lipinski definition) is 1. The maximum absolute atomic E-state index is 12.4. The second-order valence-corrected chi connectivity index (χ2v) is 7.65. The van der Waals surface area contributed by atoms with Crippen molar-refractivity contribution >= 4 is 17.7 Å². The molecule has 1 aromatic heterocycles. The summed E-state index contributed by atoms with van der Waals surface area (Å²) in [5.41, 5.74) is 0.947. The quantitative estimate of drug-likeness (QED) is 0.713. The average molecular weight is 376 g/mol. The van der Waals surface area contributed by atoms with E-state index in [0.717, 1.165) is 16.5 Å². The topological polar surface area (TPSA) is 78.3 Å². The molecule has 1 heterocycles. The number of methoxy groups -OCH3 is 2. The fourth-order valence-corrected chi connectivity index (χ4v) is 3.51. The molecule has 0 spiro atoms. The number of carbonyl (C=O) groups excluding carboxylic acids is 1. The van der Waals surface area contributed by atoms with Crippen LogP contribution < -0.4 is 14.8 Å². The minimum absolute atomic E-state index is 0.0410. The molecule has 7 nitrogen and oxygen atoms in total. The van der Waals surface area contributed by atoms with Gasteiger partial charge in [0.25, 0.3) is 0 Å². The summed E-state index contributed by atoms with van der Waals surface area (Å²) < 4.78 is 12.5. The monoisotopic (exact) mass is 376 g/mol. The summed E-state index contributed by atoms with van der Waals surface area (Å²) in [7, 11) is 5.15. The highest BCUT2D eigenvalue weighted by Crippen LogP contribution is 2.39. The van der Waals surface area contributed by atoms with Crippen LogP contribution >= 0.6 is 11.8 Å². The van der Waals surface area contributed by atoms with Crippen molar-refractivity contribution in [2.24, 2.45) is 7.05 Å². The van der Waals surface area contributed by atoms with Gasteiger partial charge in [-0.25, -0.2) is 0 Å². The van der Waals surface area contributed by atoms with Gasteiger partial charge in [0, 0.05) is 19.5 Å². The first-order valence-electron chi connectivity index (χ1n) is 8.58. The van der Waals surface area contributed by atoms with E-state index in [-0.39, 0.29) is 11.2 Å². The molecule has 1 saturated carbocycles. The predicted molar refractivity (Wildman–Crippen MR) is 99.7 cm³/mol. The molecule has 26 heavy (non-hydrogen) atoms. The molecule has 0 aliphatic heterocycles. The van der Waals surface area contributed by atoms with E-state index in [2.05, 4.69) is 15.5 Å². The van der Waals surface area contributed by atoms with Crippen molar-refractivity contribution in [2.75, 3.05) is 14.2 Å². The standard InChI is InChI=1S/C18H24N4O3S/c1-11(26-18-21-20-16(22(18)2)13-6-7-13)17(23)19-10-12-5-8-14(24-3)15(9-12)25-4/h5,8-9,11,13H,6-7,10H2,1-4H3,(H,19,23)/t11-/m0/s1. The van der Waals surface area contributed by atoms with Crippen LogP contribution in [0.2, 0.25) is 0 Å². The molecule has 0 radical (unpaired) electrons. The Balaban J connectivity index is 1.56. The van der Waals surface area contributed by atoms with Gasteiger partial charge in [0.2, 0.25) is 5.91 Å². The molecule has 3 rings (SSSR count). The minimum Gasteiger partial charge on any atom is -0.493 e. The summed E-state index contributed by atoms with van der Waals surface area (Å²) in [4.78, 5) is 12.4. The van der Waals surface area contributed by atoms with Gasteiger partial charge >= 0.3 is 0 Å². The summed E-state index contributed by atoms with van der Waals surface area (Å²) in [6.45, 7) is 2.30. The lowest BCUT2D eigenvalue weighted by molar-refractivity contribution is -0.120.